The average molecular weight is 326 g/mol. The van der Waals surface area contributed by atoms with Crippen LogP contribution in [-0.2, 0) is 4.79 Å². The maximum Gasteiger partial charge on any atom is 0.303 e. The highest BCUT2D eigenvalue weighted by Gasteiger charge is 1.90. The number of hydrogen-bond acceptors (Lipinski definition) is 1. The van der Waals surface area contributed by atoms with Crippen molar-refractivity contribution in [2.45, 2.75) is 45.4 Å². The number of carboxylic acid groups (broad SMARTS) is 1. The molecule has 0 aliphatic rings. The van der Waals surface area contributed by atoms with E-state index in [1.165, 1.54) is 0 Å². The van der Waals surface area contributed by atoms with E-state index in [2.05, 4.69) is 49.5 Å². The van der Waals surface area contributed by atoms with Crippen molar-refractivity contribution in [2.24, 2.45) is 0 Å². The molecule has 0 aromatic carbocycles. The van der Waals surface area contributed by atoms with Crippen LogP contribution in [0.1, 0.15) is 45.4 Å². The molecule has 130 valence electrons. The molecule has 0 amide bonds. The van der Waals surface area contributed by atoms with Crippen molar-refractivity contribution in [1.29, 1.82) is 0 Å². The number of allylic oxidation sites excluding steroid dienone is 14. The number of rotatable bonds is 13. The largest absolute Gasteiger partial charge is 0.481 e. The third-order valence-electron chi connectivity index (χ3n) is 2.90. The molecule has 0 aromatic heterocycles. The van der Waals surface area contributed by atoms with Gasteiger partial charge in [-0.25, -0.2) is 0 Å². The van der Waals surface area contributed by atoms with Gasteiger partial charge in [0.15, 0.2) is 0 Å². The van der Waals surface area contributed by atoms with Crippen LogP contribution in [0.3, 0.4) is 0 Å². The van der Waals surface area contributed by atoms with Gasteiger partial charge < -0.3 is 5.11 Å². The van der Waals surface area contributed by atoms with Crippen LogP contribution in [0.4, 0.5) is 0 Å². The first-order valence-electron chi connectivity index (χ1n) is 8.59. The highest BCUT2D eigenvalue weighted by molar-refractivity contribution is 5.66. The van der Waals surface area contributed by atoms with Crippen LogP contribution >= 0.6 is 0 Å². The fourth-order valence-corrected chi connectivity index (χ4v) is 1.68. The summed E-state index contributed by atoms with van der Waals surface area (Å²) >= 11 is 0. The number of aliphatic carboxylic acids is 1. The molecule has 0 atom stereocenters. The van der Waals surface area contributed by atoms with Crippen molar-refractivity contribution in [3.8, 4) is 0 Å². The Morgan fingerprint density at radius 3 is 1.67 bits per heavy atom. The van der Waals surface area contributed by atoms with Gasteiger partial charge in [-0.1, -0.05) is 92.0 Å². The highest BCUT2D eigenvalue weighted by Crippen LogP contribution is 1.95. The van der Waals surface area contributed by atoms with Crippen molar-refractivity contribution in [3.63, 3.8) is 0 Å². The van der Waals surface area contributed by atoms with Gasteiger partial charge in [0.1, 0.15) is 0 Å². The van der Waals surface area contributed by atoms with Gasteiger partial charge in [-0.2, -0.15) is 0 Å². The molecule has 24 heavy (non-hydrogen) atoms. The predicted molar refractivity (Wildman–Crippen MR) is 105 cm³/mol. The Kier molecular flexibility index (Phi) is 16.9. The molecule has 1 N–H and O–H groups in total. The molecule has 0 aliphatic heterocycles. The fraction of sp³-hybridized carbons (Fsp3) is 0.318. The van der Waals surface area contributed by atoms with E-state index in [9.17, 15) is 4.79 Å². The van der Waals surface area contributed by atoms with E-state index in [-0.39, 0.29) is 6.42 Å². The Morgan fingerprint density at radius 2 is 1.12 bits per heavy atom. The molecule has 0 aromatic rings. The normalized spacial score (nSPS) is 13.4. The smallest absolute Gasteiger partial charge is 0.303 e. The lowest BCUT2D eigenvalue weighted by molar-refractivity contribution is -0.136. The molecule has 0 radical (unpaired) electrons. The first kappa shape index (κ1) is 21.6. The van der Waals surface area contributed by atoms with E-state index < -0.39 is 5.97 Å². The average Bonchev–Trinajstić information content (AvgIpc) is 2.56. The third kappa shape index (κ3) is 19.7. The molecule has 0 saturated carbocycles. The molecule has 0 heterocycles. The van der Waals surface area contributed by atoms with Gasteiger partial charge in [0.2, 0.25) is 0 Å². The Hall–Kier alpha value is -2.35. The Morgan fingerprint density at radius 1 is 0.667 bits per heavy atom. The van der Waals surface area contributed by atoms with Crippen molar-refractivity contribution in [3.05, 3.63) is 85.1 Å². The molecular formula is C22H30O2. The molecular weight excluding hydrogens is 296 g/mol. The lowest BCUT2D eigenvalue weighted by Crippen LogP contribution is -1.91. The zero-order valence-corrected chi connectivity index (χ0v) is 14.7. The van der Waals surface area contributed by atoms with Gasteiger partial charge in [0.25, 0.3) is 0 Å². The monoisotopic (exact) mass is 326 g/mol. The van der Waals surface area contributed by atoms with E-state index in [4.69, 9.17) is 5.11 Å². The summed E-state index contributed by atoms with van der Waals surface area (Å²) in [6.07, 6.45) is 33.5. The van der Waals surface area contributed by atoms with Gasteiger partial charge >= 0.3 is 5.97 Å². The molecule has 0 rings (SSSR count). The molecule has 0 unspecified atom stereocenters. The van der Waals surface area contributed by atoms with E-state index in [1.807, 2.05) is 42.5 Å². The summed E-state index contributed by atoms with van der Waals surface area (Å²) in [6.45, 7) is 2.14. The van der Waals surface area contributed by atoms with Crippen LogP contribution in [0.15, 0.2) is 85.1 Å². The Bertz CT molecular complexity index is 500. The summed E-state index contributed by atoms with van der Waals surface area (Å²) in [6, 6.07) is 0. The SMILES string of the molecule is CC/C=C\C/C=C\C/C=C\C/C=C/C=C/C=C/C=C/CCC(=O)O. The van der Waals surface area contributed by atoms with E-state index >= 15 is 0 Å². The molecule has 0 spiro atoms. The standard InChI is InChI=1S/C22H30O2/c1-2-3-4-5-6-7-8-9-10-11-12-13-14-15-16-17-18-19-20-21-22(23)24/h3-4,6-7,9-10,12-19H,2,5,8,11,20-21H2,1H3,(H,23,24)/b4-3-,7-6-,10-9-,13-12+,15-14+,17-16+,19-18+. The van der Waals surface area contributed by atoms with Crippen molar-refractivity contribution in [2.75, 3.05) is 0 Å². The Labute approximate surface area is 147 Å². The zero-order chi connectivity index (χ0) is 17.7. The van der Waals surface area contributed by atoms with Crippen molar-refractivity contribution in [1.82, 2.24) is 0 Å². The minimum Gasteiger partial charge on any atom is -0.481 e. The predicted octanol–water partition coefficient (Wildman–Crippen LogP) is 6.32. The number of carbonyl (C=O) groups is 1. The van der Waals surface area contributed by atoms with E-state index in [1.54, 1.807) is 0 Å². The van der Waals surface area contributed by atoms with Crippen LogP contribution in [0.2, 0.25) is 0 Å². The number of hydrogen-bond donors (Lipinski definition) is 1. The molecule has 0 saturated heterocycles. The summed E-state index contributed by atoms with van der Waals surface area (Å²) in [7, 11) is 0. The Balaban J connectivity index is 3.65. The first-order valence-corrected chi connectivity index (χ1v) is 8.59. The second-order valence-corrected chi connectivity index (χ2v) is 5.09. The lowest BCUT2D eigenvalue weighted by Gasteiger charge is -1.84. The van der Waals surface area contributed by atoms with Crippen LogP contribution in [0.5, 0.6) is 0 Å². The first-order chi connectivity index (χ1) is 11.8. The van der Waals surface area contributed by atoms with Gasteiger partial charge in [-0.05, 0) is 32.1 Å². The van der Waals surface area contributed by atoms with Gasteiger partial charge in [-0.3, -0.25) is 4.79 Å². The minimum absolute atomic E-state index is 0.183. The summed E-state index contributed by atoms with van der Waals surface area (Å²) in [5.41, 5.74) is 0. The highest BCUT2D eigenvalue weighted by atomic mass is 16.4. The molecule has 2 nitrogen and oxygen atoms in total. The number of carboxylic acids is 1. The molecule has 0 aliphatic carbocycles. The molecule has 0 bridgehead atoms. The van der Waals surface area contributed by atoms with Gasteiger partial charge in [-0.15, -0.1) is 0 Å². The maximum atomic E-state index is 10.3. The van der Waals surface area contributed by atoms with Crippen molar-refractivity contribution >= 4 is 5.97 Å². The summed E-state index contributed by atoms with van der Waals surface area (Å²) < 4.78 is 0. The summed E-state index contributed by atoms with van der Waals surface area (Å²) in [5, 5.41) is 8.48. The van der Waals surface area contributed by atoms with Crippen LogP contribution in [-0.4, -0.2) is 11.1 Å². The molecule has 2 heteroatoms. The lowest BCUT2D eigenvalue weighted by atomic mass is 10.2. The van der Waals surface area contributed by atoms with Crippen LogP contribution < -0.4 is 0 Å². The quantitative estimate of drug-likeness (QED) is 0.317. The minimum atomic E-state index is -0.761. The van der Waals surface area contributed by atoms with Crippen LogP contribution in [0.25, 0.3) is 0 Å². The zero-order valence-electron chi connectivity index (χ0n) is 14.7. The van der Waals surface area contributed by atoms with Crippen LogP contribution in [0, 0.1) is 0 Å². The maximum absolute atomic E-state index is 10.3. The topological polar surface area (TPSA) is 37.3 Å². The van der Waals surface area contributed by atoms with Crippen molar-refractivity contribution < 1.29 is 9.90 Å². The summed E-state index contributed by atoms with van der Waals surface area (Å²) in [5.74, 6) is -0.761. The van der Waals surface area contributed by atoms with Gasteiger partial charge in [0.05, 0.1) is 0 Å². The third-order valence-corrected chi connectivity index (χ3v) is 2.90. The fourth-order valence-electron chi connectivity index (χ4n) is 1.68. The second-order valence-electron chi connectivity index (χ2n) is 5.09. The van der Waals surface area contributed by atoms with E-state index in [0.29, 0.717) is 6.42 Å². The second kappa shape index (κ2) is 18.7. The summed E-state index contributed by atoms with van der Waals surface area (Å²) in [4.78, 5) is 10.3. The van der Waals surface area contributed by atoms with Gasteiger partial charge in [0, 0.05) is 6.42 Å². The molecule has 0 fully saturated rings. The van der Waals surface area contributed by atoms with E-state index in [0.717, 1.165) is 25.7 Å².